The fraction of sp³-hybridized carbons (Fsp3) is 0.500. The van der Waals surface area contributed by atoms with Crippen LogP contribution < -0.4 is 25.6 Å². The number of anilines is 1. The normalized spacial score (nSPS) is 18.8. The minimum Gasteiger partial charge on any atom is -0.508 e. The average Bonchev–Trinajstić information content (AvgIpc) is 4.16. The van der Waals surface area contributed by atoms with Crippen molar-refractivity contribution in [2.75, 3.05) is 71.0 Å². The second kappa shape index (κ2) is 25.2. The molecule has 4 N–H and O–H groups in total. The van der Waals surface area contributed by atoms with Crippen molar-refractivity contribution in [2.24, 2.45) is 5.92 Å². The number of nitrogens with one attached hydrogen (secondary N) is 3. The van der Waals surface area contributed by atoms with E-state index in [1.807, 2.05) is 25.1 Å². The van der Waals surface area contributed by atoms with Gasteiger partial charge in [0.1, 0.15) is 34.6 Å². The van der Waals surface area contributed by atoms with Crippen molar-refractivity contribution in [3.05, 3.63) is 77.8 Å². The highest BCUT2D eigenvalue weighted by molar-refractivity contribution is 6.03. The zero-order valence-electron chi connectivity index (χ0n) is 42.1. The van der Waals surface area contributed by atoms with Crippen LogP contribution in [0.3, 0.4) is 0 Å². The lowest BCUT2D eigenvalue weighted by atomic mass is 9.96. The Morgan fingerprint density at radius 3 is 2.40 bits per heavy atom. The number of nitrogens with zero attached hydrogens (tertiary/aromatic N) is 7. The minimum atomic E-state index is -0.735. The molecule has 4 saturated heterocycles. The molecule has 9 rings (SSSR count). The second-order valence-corrected chi connectivity index (χ2v) is 19.4. The number of methoxy groups -OCH3 is 1. The Kier molecular flexibility index (Phi) is 18.6. The molecule has 0 spiro atoms. The van der Waals surface area contributed by atoms with Crippen LogP contribution in [-0.2, 0) is 19.1 Å². The molecule has 5 aromatic rings. The van der Waals surface area contributed by atoms with Crippen LogP contribution in [0.5, 0.6) is 11.8 Å². The van der Waals surface area contributed by atoms with E-state index >= 15 is 4.39 Å². The van der Waals surface area contributed by atoms with Gasteiger partial charge in [0, 0.05) is 74.6 Å². The minimum absolute atomic E-state index is 0.0258. The number of likely N-dealkylation sites (tertiary alicyclic amines) is 2. The van der Waals surface area contributed by atoms with Gasteiger partial charge in [0.05, 0.1) is 42.9 Å². The largest absolute Gasteiger partial charge is 0.508 e. The smallest absolute Gasteiger partial charge is 0.318 e. The maximum Gasteiger partial charge on any atom is 0.318 e. The van der Waals surface area contributed by atoms with Gasteiger partial charge < -0.3 is 45.2 Å². The van der Waals surface area contributed by atoms with Crippen LogP contribution in [-0.4, -0.2) is 137 Å². The number of pyridine rings is 2. The molecule has 0 aliphatic carbocycles. The third kappa shape index (κ3) is 13.5. The molecule has 72 heavy (non-hydrogen) atoms. The Morgan fingerprint density at radius 2 is 1.71 bits per heavy atom. The molecule has 2 unspecified atom stereocenters. The molecule has 2 aromatic carbocycles. The topological polar surface area (TPSA) is 187 Å². The molecule has 384 valence electrons. The lowest BCUT2D eigenvalue weighted by Crippen LogP contribution is -2.51. The van der Waals surface area contributed by atoms with Gasteiger partial charge in [-0.3, -0.25) is 24.4 Å². The first kappa shape index (κ1) is 53.3. The fourth-order valence-electron chi connectivity index (χ4n) is 9.65. The number of aromatic hydroxyl groups is 1. The van der Waals surface area contributed by atoms with E-state index in [2.05, 4.69) is 72.4 Å². The van der Waals surface area contributed by atoms with Crippen molar-refractivity contribution in [1.82, 2.24) is 45.7 Å². The van der Waals surface area contributed by atoms with E-state index in [1.165, 1.54) is 63.5 Å². The number of halogens is 2. The van der Waals surface area contributed by atoms with Crippen LogP contribution in [0.4, 0.5) is 14.6 Å². The lowest BCUT2D eigenvalue weighted by Gasteiger charge is -2.34. The molecule has 7 heterocycles. The van der Waals surface area contributed by atoms with E-state index in [0.717, 1.165) is 56.9 Å². The van der Waals surface area contributed by atoms with E-state index < -0.39 is 17.7 Å². The number of piperazine rings is 1. The summed E-state index contributed by atoms with van der Waals surface area (Å²) in [5.41, 5.74) is 0.833. The number of hydrogen-bond acceptors (Lipinski definition) is 13. The number of ether oxygens (including phenoxy) is 2. The Morgan fingerprint density at radius 1 is 0.958 bits per heavy atom. The Bertz CT molecular complexity index is 2700. The fourth-order valence-corrected chi connectivity index (χ4v) is 9.65. The number of carbonyl (C=O) groups is 3. The first-order valence-electron chi connectivity index (χ1n) is 25.2. The number of benzene rings is 2. The number of amides is 3. The quantitative estimate of drug-likeness (QED) is 0.0644. The summed E-state index contributed by atoms with van der Waals surface area (Å²) in [5.74, 6) is 1.61. The van der Waals surface area contributed by atoms with E-state index in [0.29, 0.717) is 54.9 Å². The number of aromatic nitrogens is 4. The van der Waals surface area contributed by atoms with Gasteiger partial charge in [0.2, 0.25) is 17.7 Å². The maximum atomic E-state index is 16.1. The van der Waals surface area contributed by atoms with Crippen molar-refractivity contribution in [3.8, 4) is 35.4 Å². The van der Waals surface area contributed by atoms with Crippen LogP contribution in [0.2, 0.25) is 0 Å². The molecular formula is C54H68F2N10O6. The molecule has 2 bridgehead atoms. The molecule has 4 fully saturated rings. The van der Waals surface area contributed by atoms with E-state index in [9.17, 15) is 23.9 Å². The molecule has 4 aliphatic heterocycles. The second-order valence-electron chi connectivity index (χ2n) is 19.4. The Labute approximate surface area is 420 Å². The number of terminal acetylenes is 1. The summed E-state index contributed by atoms with van der Waals surface area (Å²) in [6.07, 6.45) is 16.1. The molecule has 0 saturated carbocycles. The van der Waals surface area contributed by atoms with E-state index in [1.54, 1.807) is 11.1 Å². The summed E-state index contributed by atoms with van der Waals surface area (Å²) in [5, 5.41) is 20.7. The van der Waals surface area contributed by atoms with Gasteiger partial charge in [-0.15, -0.1) is 6.42 Å². The SMILES string of the molecule is C#Cc1c(F)ccc2cc(O)cc(-c3ncc4c(N5CC6CCC(C5)N6)nc(OC)nc4c3F)c12.CC(C)C.C[C@H](NC(=O)[C@@H]1CCCN1C(=O)CNC(=O)CCOCCCN1CCCC1)c1ccccn1. The van der Waals surface area contributed by atoms with Gasteiger partial charge in [-0.2, -0.15) is 9.97 Å². The van der Waals surface area contributed by atoms with Crippen molar-refractivity contribution in [3.63, 3.8) is 0 Å². The number of phenols is 1. The third-order valence-electron chi connectivity index (χ3n) is 13.0. The van der Waals surface area contributed by atoms with Gasteiger partial charge in [0.25, 0.3) is 0 Å². The monoisotopic (exact) mass is 991 g/mol. The van der Waals surface area contributed by atoms with Crippen LogP contribution in [0.15, 0.2) is 54.9 Å². The Balaban J connectivity index is 0.000000197. The highest BCUT2D eigenvalue weighted by atomic mass is 19.1. The summed E-state index contributed by atoms with van der Waals surface area (Å²) in [6, 6.07) is 11.0. The van der Waals surface area contributed by atoms with Gasteiger partial charge >= 0.3 is 6.01 Å². The van der Waals surface area contributed by atoms with Gasteiger partial charge in [-0.1, -0.05) is 38.8 Å². The summed E-state index contributed by atoms with van der Waals surface area (Å²) in [4.78, 5) is 61.1. The lowest BCUT2D eigenvalue weighted by molar-refractivity contribution is -0.139. The van der Waals surface area contributed by atoms with Crippen LogP contribution in [0, 0.1) is 29.9 Å². The number of phenolic OH excluding ortho intramolecular Hbond substituents is 1. The van der Waals surface area contributed by atoms with Gasteiger partial charge in [-0.05, 0) is 107 Å². The third-order valence-corrected chi connectivity index (χ3v) is 13.0. The molecule has 0 radical (unpaired) electrons. The molecule has 3 aromatic heterocycles. The number of carbonyl (C=O) groups excluding carboxylic acids is 3. The summed E-state index contributed by atoms with van der Waals surface area (Å²) < 4.78 is 41.5. The zero-order valence-corrected chi connectivity index (χ0v) is 42.1. The molecule has 4 aliphatic rings. The highest BCUT2D eigenvalue weighted by Gasteiger charge is 2.36. The van der Waals surface area contributed by atoms with Gasteiger partial charge in [-0.25, -0.2) is 8.78 Å². The van der Waals surface area contributed by atoms with Gasteiger partial charge in [0.15, 0.2) is 5.82 Å². The molecular weight excluding hydrogens is 923 g/mol. The van der Waals surface area contributed by atoms with E-state index in [4.69, 9.17) is 15.9 Å². The zero-order chi connectivity index (χ0) is 51.3. The Hall–Kier alpha value is -6.55. The van der Waals surface area contributed by atoms with Crippen molar-refractivity contribution in [1.29, 1.82) is 0 Å². The van der Waals surface area contributed by atoms with Crippen LogP contribution >= 0.6 is 0 Å². The van der Waals surface area contributed by atoms with Crippen LogP contribution in [0.25, 0.3) is 32.9 Å². The summed E-state index contributed by atoms with van der Waals surface area (Å²) in [6.45, 7) is 14.7. The van der Waals surface area contributed by atoms with E-state index in [-0.39, 0.29) is 76.2 Å². The van der Waals surface area contributed by atoms with Crippen molar-refractivity contribution >= 4 is 45.2 Å². The molecule has 18 heteroatoms. The van der Waals surface area contributed by atoms with Crippen molar-refractivity contribution in [2.45, 2.75) is 103 Å². The predicted octanol–water partition coefficient (Wildman–Crippen LogP) is 6.68. The number of rotatable bonds is 15. The summed E-state index contributed by atoms with van der Waals surface area (Å²) >= 11 is 0. The standard InChI is InChI=1S/C26H21F2N5O2.C24H37N5O4.C4H10/c1-3-17-20(27)7-4-13-8-16(34)9-18(21(13)17)23-22(28)24-19(10-29-23)25(32-26(31-24)35-2)33-11-14-5-6-15(12-33)30-14;1-19(20-8-2-3-11-25-20)27-24(32)21-9-6-15-29(21)23(31)18-26-22(30)10-17-33-16-7-14-28-12-4-5-13-28;1-4(2)3/h1,4,7-10,14-15,30,34H,5-6,11-12H2,2H3;2-3,8,11,19,21H,4-7,9-10,12-18H2,1H3,(H,26,30)(H,27,32);4H,1-3H3/t;19-,21-;/m.0./s1. The molecule has 4 atom stereocenters. The summed E-state index contributed by atoms with van der Waals surface area (Å²) in [7, 11) is 1.43. The molecule has 16 nitrogen and oxygen atoms in total. The average molecular weight is 991 g/mol. The number of fused-ring (bicyclic) bond motifs is 4. The predicted molar refractivity (Wildman–Crippen MR) is 273 cm³/mol. The first-order chi connectivity index (χ1) is 34.7. The number of hydrogen-bond donors (Lipinski definition) is 4. The first-order valence-corrected chi connectivity index (χ1v) is 25.2. The van der Waals surface area contributed by atoms with Crippen molar-refractivity contribution < 1.29 is 37.7 Å². The highest BCUT2D eigenvalue weighted by Crippen LogP contribution is 2.39. The maximum absolute atomic E-state index is 16.1. The molecule has 3 amide bonds. The van der Waals surface area contributed by atoms with Crippen LogP contribution in [0.1, 0.15) is 96.4 Å².